The van der Waals surface area contributed by atoms with Gasteiger partial charge in [0.05, 0.1) is 36.4 Å². The molecule has 2 heterocycles. The minimum atomic E-state index is -3.74. The second-order valence-electron chi connectivity index (χ2n) is 4.64. The van der Waals surface area contributed by atoms with Gasteiger partial charge in [0.15, 0.2) is 0 Å². The quantitative estimate of drug-likeness (QED) is 0.809. The van der Waals surface area contributed by atoms with Gasteiger partial charge in [-0.05, 0) is 20.8 Å². The summed E-state index contributed by atoms with van der Waals surface area (Å²) in [5.41, 5.74) is 1.30. The number of anilines is 1. The second kappa shape index (κ2) is 5.86. The third kappa shape index (κ3) is 3.08. The molecule has 0 spiro atoms. The molecule has 0 bridgehead atoms. The van der Waals surface area contributed by atoms with Crippen molar-refractivity contribution in [3.05, 3.63) is 23.8 Å². The van der Waals surface area contributed by atoms with E-state index in [9.17, 15) is 8.42 Å². The highest BCUT2D eigenvalue weighted by molar-refractivity contribution is 7.92. The molecule has 0 aliphatic rings. The molecule has 2 rings (SSSR count). The monoisotopic (exact) mass is 313 g/mol. The number of nitrogens with one attached hydrogen (secondary N) is 1. The molecule has 2 aromatic rings. The predicted octanol–water partition coefficient (Wildman–Crippen LogP) is 0.509. The number of hydrogen-bond acceptors (Lipinski definition) is 5. The van der Waals surface area contributed by atoms with E-state index in [1.165, 1.54) is 10.9 Å². The molecule has 0 saturated carbocycles. The zero-order valence-electron chi connectivity index (χ0n) is 12.2. The second-order valence-corrected chi connectivity index (χ2v) is 6.26. The van der Waals surface area contributed by atoms with Gasteiger partial charge in [0.25, 0.3) is 10.0 Å². The molecule has 0 aromatic carbocycles. The standard InChI is InChI=1S/C12H19N5O3S/c1-4-16-8-11(7-13-16)15-21(19,20)12-9(2)14-17(5-6-18)10(12)3/h7-8,15,18H,4-6H2,1-3H3. The van der Waals surface area contributed by atoms with E-state index in [4.69, 9.17) is 5.11 Å². The molecular weight excluding hydrogens is 294 g/mol. The lowest BCUT2D eigenvalue weighted by Crippen LogP contribution is -2.15. The summed E-state index contributed by atoms with van der Waals surface area (Å²) >= 11 is 0. The molecule has 0 unspecified atom stereocenters. The Morgan fingerprint density at radius 2 is 2.10 bits per heavy atom. The van der Waals surface area contributed by atoms with E-state index in [0.29, 0.717) is 23.6 Å². The van der Waals surface area contributed by atoms with Gasteiger partial charge in [0.2, 0.25) is 0 Å². The topological polar surface area (TPSA) is 102 Å². The molecule has 8 nitrogen and oxygen atoms in total. The normalized spacial score (nSPS) is 11.8. The van der Waals surface area contributed by atoms with Crippen molar-refractivity contribution < 1.29 is 13.5 Å². The van der Waals surface area contributed by atoms with E-state index in [2.05, 4.69) is 14.9 Å². The van der Waals surface area contributed by atoms with E-state index in [-0.39, 0.29) is 18.0 Å². The summed E-state index contributed by atoms with van der Waals surface area (Å²) in [6, 6.07) is 0. The Balaban J connectivity index is 2.35. The average molecular weight is 313 g/mol. The van der Waals surface area contributed by atoms with Gasteiger partial charge in [0.1, 0.15) is 4.90 Å². The molecule has 2 aromatic heterocycles. The number of aliphatic hydroxyl groups is 1. The first-order chi connectivity index (χ1) is 9.89. The smallest absolute Gasteiger partial charge is 0.265 e. The van der Waals surface area contributed by atoms with Crippen molar-refractivity contribution in [3.63, 3.8) is 0 Å². The highest BCUT2D eigenvalue weighted by atomic mass is 32.2. The minimum Gasteiger partial charge on any atom is -0.394 e. The van der Waals surface area contributed by atoms with Crippen LogP contribution in [0, 0.1) is 13.8 Å². The fourth-order valence-corrected chi connectivity index (χ4v) is 3.62. The highest BCUT2D eigenvalue weighted by Crippen LogP contribution is 2.22. The van der Waals surface area contributed by atoms with Crippen LogP contribution in [-0.4, -0.2) is 39.7 Å². The van der Waals surface area contributed by atoms with Crippen LogP contribution in [0.2, 0.25) is 0 Å². The maximum absolute atomic E-state index is 12.5. The molecule has 21 heavy (non-hydrogen) atoms. The van der Waals surface area contributed by atoms with Gasteiger partial charge < -0.3 is 5.11 Å². The van der Waals surface area contributed by atoms with Crippen molar-refractivity contribution in [2.45, 2.75) is 38.8 Å². The van der Waals surface area contributed by atoms with Crippen LogP contribution in [0.5, 0.6) is 0 Å². The summed E-state index contributed by atoms with van der Waals surface area (Å²) < 4.78 is 30.6. The van der Waals surface area contributed by atoms with E-state index in [0.717, 1.165) is 0 Å². The fraction of sp³-hybridized carbons (Fsp3) is 0.500. The van der Waals surface area contributed by atoms with Crippen LogP contribution in [0.1, 0.15) is 18.3 Å². The van der Waals surface area contributed by atoms with Crippen LogP contribution in [0.3, 0.4) is 0 Å². The Labute approximate surface area is 123 Å². The van der Waals surface area contributed by atoms with Crippen molar-refractivity contribution in [2.24, 2.45) is 0 Å². The van der Waals surface area contributed by atoms with Crippen LogP contribution < -0.4 is 4.72 Å². The first-order valence-corrected chi connectivity index (χ1v) is 8.07. The highest BCUT2D eigenvalue weighted by Gasteiger charge is 2.25. The molecule has 0 aliphatic heterocycles. The maximum Gasteiger partial charge on any atom is 0.265 e. The Hall–Kier alpha value is -1.87. The molecule has 0 saturated heterocycles. The summed E-state index contributed by atoms with van der Waals surface area (Å²) in [4.78, 5) is 0.139. The van der Waals surface area contributed by atoms with Gasteiger partial charge in [-0.2, -0.15) is 10.2 Å². The summed E-state index contributed by atoms with van der Waals surface area (Å²) in [7, 11) is -3.74. The minimum absolute atomic E-state index is 0.0991. The van der Waals surface area contributed by atoms with Crippen LogP contribution >= 0.6 is 0 Å². The molecule has 116 valence electrons. The third-order valence-corrected chi connectivity index (χ3v) is 4.74. The van der Waals surface area contributed by atoms with Crippen molar-refractivity contribution in [2.75, 3.05) is 11.3 Å². The van der Waals surface area contributed by atoms with Crippen molar-refractivity contribution in [3.8, 4) is 0 Å². The number of aromatic nitrogens is 4. The van der Waals surface area contributed by atoms with Crippen LogP contribution in [0.25, 0.3) is 0 Å². The van der Waals surface area contributed by atoms with E-state index in [1.807, 2.05) is 6.92 Å². The van der Waals surface area contributed by atoms with E-state index >= 15 is 0 Å². The summed E-state index contributed by atoms with van der Waals surface area (Å²) in [6.07, 6.45) is 3.09. The average Bonchev–Trinajstić information content (AvgIpc) is 2.95. The molecule has 0 atom stereocenters. The van der Waals surface area contributed by atoms with Gasteiger partial charge in [-0.25, -0.2) is 8.42 Å². The number of rotatable bonds is 6. The molecule has 0 amide bonds. The van der Waals surface area contributed by atoms with E-state index in [1.54, 1.807) is 24.7 Å². The zero-order chi connectivity index (χ0) is 15.6. The summed E-state index contributed by atoms with van der Waals surface area (Å²) in [5, 5.41) is 17.1. The Morgan fingerprint density at radius 1 is 1.38 bits per heavy atom. The maximum atomic E-state index is 12.5. The van der Waals surface area contributed by atoms with E-state index < -0.39 is 10.0 Å². The lowest BCUT2D eigenvalue weighted by atomic mass is 10.4. The first kappa shape index (κ1) is 15.5. The van der Waals surface area contributed by atoms with Crippen molar-refractivity contribution in [1.29, 1.82) is 0 Å². The number of aryl methyl sites for hydroxylation is 2. The first-order valence-electron chi connectivity index (χ1n) is 6.59. The molecule has 0 aliphatic carbocycles. The van der Waals surface area contributed by atoms with Gasteiger partial charge in [-0.15, -0.1) is 0 Å². The Bertz CT molecular complexity index is 732. The Kier molecular flexibility index (Phi) is 4.33. The Morgan fingerprint density at radius 3 is 2.67 bits per heavy atom. The molecule has 0 fully saturated rings. The number of sulfonamides is 1. The SMILES string of the molecule is CCn1cc(NS(=O)(=O)c2c(C)nn(CCO)c2C)cn1. The summed E-state index contributed by atoms with van der Waals surface area (Å²) in [6.45, 7) is 6.03. The molecule has 0 radical (unpaired) electrons. The number of aliphatic hydroxyl groups excluding tert-OH is 1. The largest absolute Gasteiger partial charge is 0.394 e. The van der Waals surface area contributed by atoms with Crippen LogP contribution in [0.4, 0.5) is 5.69 Å². The third-order valence-electron chi connectivity index (χ3n) is 3.11. The predicted molar refractivity (Wildman–Crippen MR) is 77.5 cm³/mol. The van der Waals surface area contributed by atoms with Crippen molar-refractivity contribution in [1.82, 2.24) is 19.6 Å². The lowest BCUT2D eigenvalue weighted by Gasteiger charge is -2.07. The van der Waals surface area contributed by atoms with Gasteiger partial charge in [0, 0.05) is 12.7 Å². The zero-order valence-corrected chi connectivity index (χ0v) is 13.1. The van der Waals surface area contributed by atoms with Gasteiger partial charge in [-0.3, -0.25) is 14.1 Å². The van der Waals surface area contributed by atoms with Crippen LogP contribution in [-0.2, 0) is 23.1 Å². The van der Waals surface area contributed by atoms with Crippen LogP contribution in [0.15, 0.2) is 17.3 Å². The molecule has 9 heteroatoms. The number of hydrogen-bond donors (Lipinski definition) is 2. The lowest BCUT2D eigenvalue weighted by molar-refractivity contribution is 0.267. The van der Waals surface area contributed by atoms with Crippen molar-refractivity contribution >= 4 is 15.7 Å². The number of nitrogens with zero attached hydrogens (tertiary/aromatic N) is 4. The van der Waals surface area contributed by atoms with Gasteiger partial charge in [-0.1, -0.05) is 0 Å². The fourth-order valence-electron chi connectivity index (χ4n) is 2.18. The van der Waals surface area contributed by atoms with Gasteiger partial charge >= 0.3 is 0 Å². The summed E-state index contributed by atoms with van der Waals surface area (Å²) in [5.74, 6) is 0. The molecule has 2 N–H and O–H groups in total. The molecular formula is C12H19N5O3S.